The molecule has 2 rings (SSSR count). The molecule has 0 aromatic rings. The van der Waals surface area contributed by atoms with Crippen LogP contribution in [0.5, 0.6) is 0 Å². The van der Waals surface area contributed by atoms with Gasteiger partial charge in [0.2, 0.25) is 0 Å². The number of carbonyl (C=O) groups is 1. The first-order valence-corrected chi connectivity index (χ1v) is 5.23. The number of rotatable bonds is 2. The van der Waals surface area contributed by atoms with E-state index in [1.807, 2.05) is 7.05 Å². The van der Waals surface area contributed by atoms with E-state index in [9.17, 15) is 9.90 Å². The number of fused-ring (bicyclic) bond motifs is 2. The van der Waals surface area contributed by atoms with E-state index in [-0.39, 0.29) is 5.92 Å². The van der Waals surface area contributed by atoms with Crippen LogP contribution < -0.4 is 5.32 Å². The number of carboxylic acid groups (broad SMARTS) is 1. The van der Waals surface area contributed by atoms with Gasteiger partial charge in [-0.1, -0.05) is 0 Å². The zero-order valence-electron chi connectivity index (χ0n) is 8.31. The van der Waals surface area contributed by atoms with E-state index in [4.69, 9.17) is 5.11 Å². The molecular formula is C10H17NO3. The van der Waals surface area contributed by atoms with Gasteiger partial charge >= 0.3 is 5.97 Å². The smallest absolute Gasteiger partial charge is 0.309 e. The lowest BCUT2D eigenvalue weighted by atomic mass is 9.74. The van der Waals surface area contributed by atoms with Crippen molar-refractivity contribution >= 4 is 5.97 Å². The summed E-state index contributed by atoms with van der Waals surface area (Å²) in [7, 11) is 1.88. The second-order valence-electron chi connectivity index (χ2n) is 4.48. The van der Waals surface area contributed by atoms with Gasteiger partial charge in [0, 0.05) is 6.04 Å². The predicted octanol–water partition coefficient (Wildman–Crippen LogP) is 0.0660. The zero-order chi connectivity index (χ0) is 10.3. The fraction of sp³-hybridized carbons (Fsp3) is 0.900. The van der Waals surface area contributed by atoms with Crippen LogP contribution in [-0.2, 0) is 4.79 Å². The Labute approximate surface area is 83.3 Å². The van der Waals surface area contributed by atoms with Crippen LogP contribution in [0.15, 0.2) is 0 Å². The summed E-state index contributed by atoms with van der Waals surface area (Å²) < 4.78 is 0. The van der Waals surface area contributed by atoms with E-state index < -0.39 is 18.0 Å². The third-order valence-electron chi connectivity index (χ3n) is 3.88. The van der Waals surface area contributed by atoms with E-state index in [0.717, 1.165) is 12.8 Å². The number of aliphatic carboxylic acids is 1. The Kier molecular flexibility index (Phi) is 2.49. The fourth-order valence-electron chi connectivity index (χ4n) is 3.32. The molecule has 0 radical (unpaired) electrons. The van der Waals surface area contributed by atoms with Gasteiger partial charge in [-0.15, -0.1) is 0 Å². The minimum Gasteiger partial charge on any atom is -0.481 e. The molecule has 2 fully saturated rings. The number of aliphatic hydroxyl groups is 1. The van der Waals surface area contributed by atoms with Crippen molar-refractivity contribution in [3.8, 4) is 0 Å². The van der Waals surface area contributed by atoms with Crippen molar-refractivity contribution in [3.63, 3.8) is 0 Å². The molecule has 4 heteroatoms. The van der Waals surface area contributed by atoms with Gasteiger partial charge in [-0.3, -0.25) is 4.79 Å². The van der Waals surface area contributed by atoms with Crippen LogP contribution in [-0.4, -0.2) is 35.4 Å². The van der Waals surface area contributed by atoms with Gasteiger partial charge in [0.05, 0.1) is 12.0 Å². The average molecular weight is 199 g/mol. The number of aliphatic hydroxyl groups excluding tert-OH is 1. The molecule has 5 atom stereocenters. The maximum atomic E-state index is 11.0. The van der Waals surface area contributed by atoms with Crippen LogP contribution in [0.1, 0.15) is 19.3 Å². The summed E-state index contributed by atoms with van der Waals surface area (Å²) in [6, 6.07) is 0.291. The molecule has 80 valence electrons. The molecule has 0 aromatic carbocycles. The number of hydrogen-bond donors (Lipinski definition) is 3. The largest absolute Gasteiger partial charge is 0.481 e. The minimum absolute atomic E-state index is 0.117. The summed E-state index contributed by atoms with van der Waals surface area (Å²) in [5, 5.41) is 22.0. The average Bonchev–Trinajstić information content (AvgIpc) is 2.40. The highest BCUT2D eigenvalue weighted by Crippen LogP contribution is 2.45. The molecule has 14 heavy (non-hydrogen) atoms. The molecule has 2 bridgehead atoms. The van der Waals surface area contributed by atoms with Crippen molar-refractivity contribution in [3.05, 3.63) is 0 Å². The van der Waals surface area contributed by atoms with Crippen molar-refractivity contribution < 1.29 is 15.0 Å². The Balaban J connectivity index is 2.21. The van der Waals surface area contributed by atoms with E-state index in [2.05, 4.69) is 5.32 Å². The molecule has 0 saturated heterocycles. The van der Waals surface area contributed by atoms with Gasteiger partial charge in [-0.2, -0.15) is 0 Å². The summed E-state index contributed by atoms with van der Waals surface area (Å²) in [5.74, 6) is -0.823. The topological polar surface area (TPSA) is 69.6 Å². The van der Waals surface area contributed by atoms with Crippen LogP contribution in [0, 0.1) is 17.8 Å². The summed E-state index contributed by atoms with van der Waals surface area (Å²) in [4.78, 5) is 11.0. The number of carboxylic acids is 1. The van der Waals surface area contributed by atoms with E-state index in [0.29, 0.717) is 18.4 Å². The molecule has 0 heterocycles. The molecule has 0 aliphatic heterocycles. The lowest BCUT2D eigenvalue weighted by Crippen LogP contribution is -2.50. The molecule has 5 unspecified atom stereocenters. The molecule has 2 aliphatic rings. The summed E-state index contributed by atoms with van der Waals surface area (Å²) in [5.41, 5.74) is 0. The molecule has 4 nitrogen and oxygen atoms in total. The Morgan fingerprint density at radius 1 is 1.43 bits per heavy atom. The quantitative estimate of drug-likeness (QED) is 0.588. The highest BCUT2D eigenvalue weighted by atomic mass is 16.4. The molecule has 2 saturated carbocycles. The predicted molar refractivity (Wildman–Crippen MR) is 50.8 cm³/mol. The Morgan fingerprint density at radius 2 is 2.14 bits per heavy atom. The monoisotopic (exact) mass is 199 g/mol. The van der Waals surface area contributed by atoms with Gasteiger partial charge in [0.25, 0.3) is 0 Å². The highest BCUT2D eigenvalue weighted by molar-refractivity contribution is 5.71. The van der Waals surface area contributed by atoms with Gasteiger partial charge in [0.1, 0.15) is 0 Å². The van der Waals surface area contributed by atoms with Crippen LogP contribution >= 0.6 is 0 Å². The fourth-order valence-corrected chi connectivity index (χ4v) is 3.32. The molecule has 0 spiro atoms. The molecule has 2 aliphatic carbocycles. The molecular weight excluding hydrogens is 182 g/mol. The van der Waals surface area contributed by atoms with Crippen molar-refractivity contribution in [2.75, 3.05) is 7.05 Å². The Morgan fingerprint density at radius 3 is 2.71 bits per heavy atom. The summed E-state index contributed by atoms with van der Waals surface area (Å²) >= 11 is 0. The first-order valence-electron chi connectivity index (χ1n) is 5.23. The van der Waals surface area contributed by atoms with E-state index >= 15 is 0 Å². The van der Waals surface area contributed by atoms with Crippen molar-refractivity contribution in [1.29, 1.82) is 0 Å². The zero-order valence-corrected chi connectivity index (χ0v) is 8.31. The van der Waals surface area contributed by atoms with Crippen LogP contribution in [0.25, 0.3) is 0 Å². The third-order valence-corrected chi connectivity index (χ3v) is 3.88. The van der Waals surface area contributed by atoms with Crippen LogP contribution in [0.3, 0.4) is 0 Å². The second kappa shape index (κ2) is 3.51. The van der Waals surface area contributed by atoms with Gasteiger partial charge < -0.3 is 15.5 Å². The van der Waals surface area contributed by atoms with Gasteiger partial charge in [-0.05, 0) is 38.1 Å². The molecule has 0 amide bonds. The second-order valence-corrected chi connectivity index (χ2v) is 4.48. The highest BCUT2D eigenvalue weighted by Gasteiger charge is 2.50. The van der Waals surface area contributed by atoms with Crippen molar-refractivity contribution in [2.45, 2.75) is 31.4 Å². The van der Waals surface area contributed by atoms with E-state index in [1.54, 1.807) is 0 Å². The van der Waals surface area contributed by atoms with E-state index in [1.165, 1.54) is 0 Å². The lowest BCUT2D eigenvalue weighted by molar-refractivity contribution is -0.151. The van der Waals surface area contributed by atoms with Gasteiger partial charge in [-0.25, -0.2) is 0 Å². The molecule has 0 aromatic heterocycles. The van der Waals surface area contributed by atoms with Gasteiger partial charge in [0.15, 0.2) is 0 Å². The third kappa shape index (κ3) is 1.33. The summed E-state index contributed by atoms with van der Waals surface area (Å²) in [6.07, 6.45) is 1.98. The first-order chi connectivity index (χ1) is 6.65. The lowest BCUT2D eigenvalue weighted by Gasteiger charge is -2.37. The maximum Gasteiger partial charge on any atom is 0.309 e. The number of nitrogens with one attached hydrogen (secondary N) is 1. The first kappa shape index (κ1) is 9.93. The van der Waals surface area contributed by atoms with Crippen LogP contribution in [0.2, 0.25) is 0 Å². The Hall–Kier alpha value is -0.610. The van der Waals surface area contributed by atoms with Crippen molar-refractivity contribution in [2.24, 2.45) is 17.8 Å². The Bertz CT molecular complexity index is 244. The molecule has 3 N–H and O–H groups in total. The normalized spacial score (nSPS) is 46.6. The minimum atomic E-state index is -0.844. The summed E-state index contributed by atoms with van der Waals surface area (Å²) in [6.45, 7) is 0. The standard InChI is InChI=1S/C10H17NO3/c1-11-9-5-2-3-6(9)8(10(13)14)7(12)4-5/h5-9,11-12H,2-4H2,1H3,(H,13,14). The van der Waals surface area contributed by atoms with Crippen LogP contribution in [0.4, 0.5) is 0 Å². The number of hydrogen-bond acceptors (Lipinski definition) is 3. The maximum absolute atomic E-state index is 11.0. The SMILES string of the molecule is CNC1C2CCC1C(C(=O)O)C(O)C2. The van der Waals surface area contributed by atoms with Crippen molar-refractivity contribution in [1.82, 2.24) is 5.32 Å².